The number of benzene rings is 2. The number of nitrogens with one attached hydrogen (secondary N) is 1. The number of carbonyl (C=O) groups is 1. The van der Waals surface area contributed by atoms with Gasteiger partial charge in [-0.2, -0.15) is 0 Å². The molecule has 0 spiro atoms. The third-order valence-corrected chi connectivity index (χ3v) is 4.98. The Bertz CT molecular complexity index is 974. The molecule has 0 aliphatic rings. The summed E-state index contributed by atoms with van der Waals surface area (Å²) in [5.74, 6) is 0.930. The fourth-order valence-electron chi connectivity index (χ4n) is 2.73. The maximum atomic E-state index is 12.2. The number of aromatic nitrogens is 1. The fraction of sp³-hybridized carbons (Fsp3) is 0.250. The molecule has 0 saturated carbocycles. The Kier molecular flexibility index (Phi) is 6.67. The Hall–Kier alpha value is -2.41. The molecule has 0 fully saturated rings. The van der Waals surface area contributed by atoms with Crippen molar-refractivity contribution in [1.29, 1.82) is 0 Å². The number of hydrogen-bond acceptors (Lipinski definition) is 4. The lowest BCUT2D eigenvalue weighted by molar-refractivity contribution is -0.122. The van der Waals surface area contributed by atoms with Crippen LogP contribution < -0.4 is 14.8 Å². The molecule has 1 atom stereocenters. The Morgan fingerprint density at radius 1 is 1.25 bits per heavy atom. The molecule has 28 heavy (non-hydrogen) atoms. The highest BCUT2D eigenvalue weighted by Crippen LogP contribution is 2.31. The van der Waals surface area contributed by atoms with Gasteiger partial charge in [0.15, 0.2) is 0 Å². The van der Waals surface area contributed by atoms with Crippen LogP contribution in [0.2, 0.25) is 10.0 Å². The van der Waals surface area contributed by atoms with Gasteiger partial charge >= 0.3 is 0 Å². The SMILES string of the molecule is COc1ccc2c(ccn2CC(=O)NCC(O)COc2cccc(Cl)c2Cl)c1. The molecule has 2 N–H and O–H groups in total. The number of aliphatic hydroxyl groups is 1. The summed E-state index contributed by atoms with van der Waals surface area (Å²) in [5, 5.41) is 14.4. The summed E-state index contributed by atoms with van der Waals surface area (Å²) in [6.45, 7) is 0.181. The van der Waals surface area contributed by atoms with Crippen molar-refractivity contribution in [2.24, 2.45) is 0 Å². The first-order chi connectivity index (χ1) is 13.5. The average Bonchev–Trinajstić information content (AvgIpc) is 3.09. The largest absolute Gasteiger partial charge is 0.497 e. The number of fused-ring (bicyclic) bond motifs is 1. The zero-order chi connectivity index (χ0) is 20.1. The smallest absolute Gasteiger partial charge is 0.240 e. The maximum absolute atomic E-state index is 12.2. The van der Waals surface area contributed by atoms with Crippen LogP contribution in [0.1, 0.15) is 0 Å². The van der Waals surface area contributed by atoms with E-state index in [-0.39, 0.29) is 30.6 Å². The van der Waals surface area contributed by atoms with Crippen LogP contribution in [-0.4, -0.2) is 41.9 Å². The van der Waals surface area contributed by atoms with E-state index in [1.807, 2.05) is 35.0 Å². The third-order valence-electron chi connectivity index (χ3n) is 4.17. The van der Waals surface area contributed by atoms with Gasteiger partial charge in [-0.05, 0) is 36.4 Å². The predicted molar refractivity (Wildman–Crippen MR) is 109 cm³/mol. The molecule has 0 bridgehead atoms. The molecular formula is C20H20Cl2N2O4. The minimum atomic E-state index is -0.885. The van der Waals surface area contributed by atoms with Crippen LogP contribution in [-0.2, 0) is 11.3 Å². The maximum Gasteiger partial charge on any atom is 0.240 e. The van der Waals surface area contributed by atoms with E-state index in [0.717, 1.165) is 16.7 Å². The zero-order valence-electron chi connectivity index (χ0n) is 15.2. The quantitative estimate of drug-likeness (QED) is 0.582. The van der Waals surface area contributed by atoms with E-state index in [1.165, 1.54) is 0 Å². The van der Waals surface area contributed by atoms with Crippen molar-refractivity contribution in [3.8, 4) is 11.5 Å². The predicted octanol–water partition coefficient (Wildman–Crippen LogP) is 3.51. The summed E-state index contributed by atoms with van der Waals surface area (Å²) in [4.78, 5) is 12.2. The van der Waals surface area contributed by atoms with E-state index in [9.17, 15) is 9.90 Å². The van der Waals surface area contributed by atoms with Crippen molar-refractivity contribution in [3.63, 3.8) is 0 Å². The van der Waals surface area contributed by atoms with Crippen LogP contribution in [0.5, 0.6) is 11.5 Å². The van der Waals surface area contributed by atoms with Gasteiger partial charge in [0.1, 0.15) is 35.8 Å². The van der Waals surface area contributed by atoms with E-state index in [4.69, 9.17) is 32.7 Å². The number of methoxy groups -OCH3 is 1. The van der Waals surface area contributed by atoms with Crippen molar-refractivity contribution in [2.45, 2.75) is 12.6 Å². The number of amides is 1. The molecule has 0 saturated heterocycles. The molecule has 0 aliphatic heterocycles. The van der Waals surface area contributed by atoms with Crippen molar-refractivity contribution in [3.05, 3.63) is 58.7 Å². The summed E-state index contributed by atoms with van der Waals surface area (Å²) >= 11 is 11.9. The molecule has 0 radical (unpaired) electrons. The van der Waals surface area contributed by atoms with Crippen molar-refractivity contribution < 1.29 is 19.4 Å². The average molecular weight is 423 g/mol. The van der Waals surface area contributed by atoms with Gasteiger partial charge in [0, 0.05) is 23.6 Å². The Balaban J connectivity index is 1.49. The number of halogens is 2. The molecule has 1 heterocycles. The van der Waals surface area contributed by atoms with Crippen LogP contribution in [0, 0.1) is 0 Å². The summed E-state index contributed by atoms with van der Waals surface area (Å²) in [6.07, 6.45) is 0.953. The molecule has 6 nitrogen and oxygen atoms in total. The second-order valence-electron chi connectivity index (χ2n) is 6.19. The number of rotatable bonds is 8. The van der Waals surface area contributed by atoms with Gasteiger partial charge in [0.05, 0.1) is 12.1 Å². The Labute approximate surface area is 172 Å². The summed E-state index contributed by atoms with van der Waals surface area (Å²) < 4.78 is 12.5. The second kappa shape index (κ2) is 9.19. The van der Waals surface area contributed by atoms with Gasteiger partial charge in [-0.15, -0.1) is 0 Å². The first kappa shape index (κ1) is 20.3. The lowest BCUT2D eigenvalue weighted by atomic mass is 10.2. The fourth-order valence-corrected chi connectivity index (χ4v) is 3.07. The van der Waals surface area contributed by atoms with Crippen LogP contribution >= 0.6 is 23.2 Å². The van der Waals surface area contributed by atoms with E-state index in [1.54, 1.807) is 25.3 Å². The van der Waals surface area contributed by atoms with Gasteiger partial charge in [-0.25, -0.2) is 0 Å². The molecule has 2 aromatic carbocycles. The minimum Gasteiger partial charge on any atom is -0.497 e. The molecule has 3 aromatic rings. The van der Waals surface area contributed by atoms with E-state index < -0.39 is 6.10 Å². The standard InChI is InChI=1S/C20H20Cl2N2O4/c1-27-15-5-6-17-13(9-15)7-8-24(17)11-19(26)23-10-14(25)12-28-18-4-2-3-16(21)20(18)22/h2-9,14,25H,10-12H2,1H3,(H,23,26). The Morgan fingerprint density at radius 3 is 2.86 bits per heavy atom. The third kappa shape index (κ3) is 4.90. The first-order valence-electron chi connectivity index (χ1n) is 8.62. The van der Waals surface area contributed by atoms with Gasteiger partial charge in [0.25, 0.3) is 0 Å². The molecule has 1 aromatic heterocycles. The van der Waals surface area contributed by atoms with Crippen LogP contribution in [0.25, 0.3) is 10.9 Å². The highest BCUT2D eigenvalue weighted by Gasteiger charge is 2.12. The van der Waals surface area contributed by atoms with E-state index in [2.05, 4.69) is 5.32 Å². The lowest BCUT2D eigenvalue weighted by Gasteiger charge is -2.15. The number of aliphatic hydroxyl groups excluding tert-OH is 1. The van der Waals surface area contributed by atoms with E-state index >= 15 is 0 Å². The monoisotopic (exact) mass is 422 g/mol. The zero-order valence-corrected chi connectivity index (χ0v) is 16.7. The summed E-state index contributed by atoms with van der Waals surface area (Å²) in [5.41, 5.74) is 0.926. The van der Waals surface area contributed by atoms with Gasteiger partial charge < -0.3 is 24.5 Å². The normalized spacial score (nSPS) is 12.0. The number of nitrogens with zero attached hydrogens (tertiary/aromatic N) is 1. The van der Waals surface area contributed by atoms with Gasteiger partial charge in [-0.3, -0.25) is 4.79 Å². The van der Waals surface area contributed by atoms with Crippen LogP contribution in [0.3, 0.4) is 0 Å². The summed E-state index contributed by atoms with van der Waals surface area (Å²) in [7, 11) is 1.61. The van der Waals surface area contributed by atoms with Crippen LogP contribution in [0.4, 0.5) is 0 Å². The number of hydrogen-bond donors (Lipinski definition) is 2. The molecule has 1 unspecified atom stereocenters. The van der Waals surface area contributed by atoms with Crippen molar-refractivity contribution in [2.75, 3.05) is 20.3 Å². The van der Waals surface area contributed by atoms with Gasteiger partial charge in [-0.1, -0.05) is 29.3 Å². The van der Waals surface area contributed by atoms with Gasteiger partial charge in [0.2, 0.25) is 5.91 Å². The van der Waals surface area contributed by atoms with E-state index in [0.29, 0.717) is 10.8 Å². The number of ether oxygens (including phenoxy) is 2. The second-order valence-corrected chi connectivity index (χ2v) is 6.97. The minimum absolute atomic E-state index is 0.0212. The molecule has 148 valence electrons. The first-order valence-corrected chi connectivity index (χ1v) is 9.38. The highest BCUT2D eigenvalue weighted by atomic mass is 35.5. The highest BCUT2D eigenvalue weighted by molar-refractivity contribution is 6.42. The van der Waals surface area contributed by atoms with Crippen LogP contribution in [0.15, 0.2) is 48.7 Å². The lowest BCUT2D eigenvalue weighted by Crippen LogP contribution is -2.36. The molecular weight excluding hydrogens is 403 g/mol. The molecule has 3 rings (SSSR count). The Morgan fingerprint density at radius 2 is 2.07 bits per heavy atom. The number of carbonyl (C=O) groups excluding carboxylic acids is 1. The molecule has 8 heteroatoms. The summed E-state index contributed by atoms with van der Waals surface area (Å²) in [6, 6.07) is 12.6. The molecule has 1 amide bonds. The molecule has 0 aliphatic carbocycles. The van der Waals surface area contributed by atoms with Crippen molar-refractivity contribution >= 4 is 40.0 Å². The van der Waals surface area contributed by atoms with Crippen molar-refractivity contribution in [1.82, 2.24) is 9.88 Å². The topological polar surface area (TPSA) is 72.7 Å².